The van der Waals surface area contributed by atoms with Gasteiger partial charge in [-0.1, -0.05) is 13.8 Å². The van der Waals surface area contributed by atoms with E-state index in [1.165, 1.54) is 6.20 Å². The van der Waals surface area contributed by atoms with E-state index >= 15 is 0 Å². The van der Waals surface area contributed by atoms with Crippen LogP contribution in [0.2, 0.25) is 0 Å². The number of likely N-dealkylation sites (tertiary alicyclic amines) is 1. The Kier molecular flexibility index (Phi) is 4.60. The van der Waals surface area contributed by atoms with Crippen LogP contribution in [0.25, 0.3) is 11.3 Å². The molecule has 28 heavy (non-hydrogen) atoms. The van der Waals surface area contributed by atoms with Crippen molar-refractivity contribution in [3.63, 3.8) is 0 Å². The quantitative estimate of drug-likeness (QED) is 0.781. The second kappa shape index (κ2) is 6.72. The molecule has 4 rings (SSSR count). The zero-order chi connectivity index (χ0) is 20.2. The van der Waals surface area contributed by atoms with E-state index in [1.807, 2.05) is 20.0 Å². The maximum Gasteiger partial charge on any atom is 0.419 e. The van der Waals surface area contributed by atoms with Crippen LogP contribution in [0.4, 0.5) is 23.4 Å². The summed E-state index contributed by atoms with van der Waals surface area (Å²) >= 11 is 0. The van der Waals surface area contributed by atoms with E-state index in [-0.39, 0.29) is 18.6 Å². The molecule has 3 heterocycles. The molecule has 2 aromatic rings. The number of hydrogen-bond acceptors (Lipinski definition) is 4. The van der Waals surface area contributed by atoms with Crippen molar-refractivity contribution in [3.05, 3.63) is 29.8 Å². The summed E-state index contributed by atoms with van der Waals surface area (Å²) in [6, 6.07) is 1.29. The van der Waals surface area contributed by atoms with Crippen molar-refractivity contribution in [2.24, 2.45) is 11.8 Å². The molecule has 1 aliphatic heterocycles. The highest BCUT2D eigenvalue weighted by Crippen LogP contribution is 2.56. The van der Waals surface area contributed by atoms with Crippen LogP contribution in [0.5, 0.6) is 0 Å². The minimum atomic E-state index is -4.57. The van der Waals surface area contributed by atoms with Crippen LogP contribution in [0.1, 0.15) is 37.2 Å². The van der Waals surface area contributed by atoms with Crippen LogP contribution >= 0.6 is 0 Å². The highest BCUT2D eigenvalue weighted by Gasteiger charge is 2.57. The van der Waals surface area contributed by atoms with Crippen LogP contribution < -0.4 is 5.73 Å². The van der Waals surface area contributed by atoms with Gasteiger partial charge >= 0.3 is 6.18 Å². The van der Waals surface area contributed by atoms with Crippen LogP contribution in [0.15, 0.2) is 18.5 Å². The van der Waals surface area contributed by atoms with Gasteiger partial charge in [0, 0.05) is 49.6 Å². The first-order valence-electron chi connectivity index (χ1n) is 9.41. The maximum atomic E-state index is 13.2. The fraction of sp³-hybridized carbons (Fsp3) is 0.579. The lowest BCUT2D eigenvalue weighted by Crippen LogP contribution is -2.27. The normalized spacial score (nSPS) is 24.8. The molecule has 0 bridgehead atoms. The molecule has 2 N–H and O–H groups in total. The summed E-state index contributed by atoms with van der Waals surface area (Å²) in [7, 11) is 0. The number of aromatic nitrogens is 3. The standard InChI is InChI=1S/C19H23F4N5/c1-10(2)18-26-15(11-5-14(19(21,22)23)17(24)25-6-11)9-28(18)16-12-7-27(4-3-20)8-13(12)16/h5-6,9-10,12-13,16H,3-4,7-8H2,1-2H3,(H2,24,25). The minimum absolute atomic E-state index is 0.126. The number of fused-ring (bicyclic) bond motifs is 1. The van der Waals surface area contributed by atoms with Gasteiger partial charge in [-0.05, 0) is 17.9 Å². The van der Waals surface area contributed by atoms with Crippen molar-refractivity contribution in [2.75, 3.05) is 32.0 Å². The molecule has 1 aliphatic carbocycles. The van der Waals surface area contributed by atoms with Gasteiger partial charge in [-0.25, -0.2) is 14.4 Å². The van der Waals surface area contributed by atoms with Crippen LogP contribution in [-0.2, 0) is 6.18 Å². The van der Waals surface area contributed by atoms with E-state index in [9.17, 15) is 17.6 Å². The largest absolute Gasteiger partial charge is 0.419 e. The van der Waals surface area contributed by atoms with E-state index in [1.54, 1.807) is 0 Å². The lowest BCUT2D eigenvalue weighted by Gasteiger charge is -2.19. The Bertz CT molecular complexity index is 864. The number of nitrogens with zero attached hydrogens (tertiary/aromatic N) is 4. The number of hydrogen-bond donors (Lipinski definition) is 1. The zero-order valence-electron chi connectivity index (χ0n) is 15.7. The molecule has 2 aliphatic rings. The first-order chi connectivity index (χ1) is 13.2. The van der Waals surface area contributed by atoms with Gasteiger partial charge in [0.1, 0.15) is 18.3 Å². The topological polar surface area (TPSA) is 60.0 Å². The number of halogens is 4. The number of nitrogen functional groups attached to an aromatic ring is 1. The maximum absolute atomic E-state index is 13.2. The first-order valence-corrected chi connectivity index (χ1v) is 9.41. The van der Waals surface area contributed by atoms with Crippen molar-refractivity contribution in [1.29, 1.82) is 0 Å². The summed E-state index contributed by atoms with van der Waals surface area (Å²) in [6.45, 7) is 5.85. The molecule has 2 atom stereocenters. The predicted molar refractivity (Wildman–Crippen MR) is 97.4 cm³/mol. The SMILES string of the molecule is CC(C)c1nc(-c2cnc(N)c(C(F)(F)F)c2)cn1C1C2CN(CCF)CC21. The second-order valence-corrected chi connectivity index (χ2v) is 7.97. The smallest absolute Gasteiger partial charge is 0.383 e. The third-order valence-corrected chi connectivity index (χ3v) is 5.74. The van der Waals surface area contributed by atoms with Crippen LogP contribution in [0.3, 0.4) is 0 Å². The molecule has 9 heteroatoms. The molecule has 2 aromatic heterocycles. The zero-order valence-corrected chi connectivity index (χ0v) is 15.7. The number of imidazole rings is 1. The number of rotatable bonds is 5. The Hall–Kier alpha value is -2.16. The fourth-order valence-electron chi connectivity index (χ4n) is 4.35. The molecule has 0 aromatic carbocycles. The van der Waals surface area contributed by atoms with Gasteiger partial charge in [0.25, 0.3) is 0 Å². The molecule has 152 valence electrons. The molecule has 2 unspecified atom stereocenters. The molecule has 1 saturated heterocycles. The highest BCUT2D eigenvalue weighted by molar-refractivity contribution is 5.62. The molecule has 2 fully saturated rings. The highest BCUT2D eigenvalue weighted by atomic mass is 19.4. The summed E-state index contributed by atoms with van der Waals surface area (Å²) in [5.41, 5.74) is 5.22. The van der Waals surface area contributed by atoms with Crippen molar-refractivity contribution >= 4 is 5.82 Å². The molecule has 1 saturated carbocycles. The lowest BCUT2D eigenvalue weighted by molar-refractivity contribution is -0.137. The molecular formula is C19H23F4N5. The van der Waals surface area contributed by atoms with Gasteiger partial charge in [0.2, 0.25) is 0 Å². The van der Waals surface area contributed by atoms with E-state index in [4.69, 9.17) is 5.73 Å². The van der Waals surface area contributed by atoms with E-state index < -0.39 is 17.6 Å². The first kappa shape index (κ1) is 19.2. The van der Waals surface area contributed by atoms with Crippen LogP contribution in [0, 0.1) is 11.8 Å². The summed E-state index contributed by atoms with van der Waals surface area (Å²) < 4.78 is 54.2. The third kappa shape index (κ3) is 3.25. The predicted octanol–water partition coefficient (Wildman–Crippen LogP) is 3.74. The van der Waals surface area contributed by atoms with Gasteiger partial charge in [0.15, 0.2) is 0 Å². The monoisotopic (exact) mass is 397 g/mol. The molecular weight excluding hydrogens is 374 g/mol. The molecule has 0 amide bonds. The molecule has 0 radical (unpaired) electrons. The van der Waals surface area contributed by atoms with Gasteiger partial charge < -0.3 is 15.2 Å². The number of nitrogens with two attached hydrogens (primary N) is 1. The second-order valence-electron chi connectivity index (χ2n) is 7.97. The van der Waals surface area contributed by atoms with Gasteiger partial charge in [0.05, 0.1) is 11.3 Å². The number of pyridine rings is 1. The Labute approximate surface area is 160 Å². The summed E-state index contributed by atoms with van der Waals surface area (Å²) in [4.78, 5) is 10.5. The summed E-state index contributed by atoms with van der Waals surface area (Å²) in [5.74, 6) is 1.32. The van der Waals surface area contributed by atoms with Crippen molar-refractivity contribution < 1.29 is 17.6 Å². The van der Waals surface area contributed by atoms with E-state index in [0.29, 0.717) is 29.6 Å². The Morgan fingerprint density at radius 1 is 1.25 bits per heavy atom. The molecule has 0 spiro atoms. The number of piperidine rings is 1. The van der Waals surface area contributed by atoms with Crippen molar-refractivity contribution in [2.45, 2.75) is 32.0 Å². The van der Waals surface area contributed by atoms with E-state index in [2.05, 4.69) is 19.4 Å². The third-order valence-electron chi connectivity index (χ3n) is 5.74. The summed E-state index contributed by atoms with van der Waals surface area (Å²) in [5, 5.41) is 0. The minimum Gasteiger partial charge on any atom is -0.383 e. The van der Waals surface area contributed by atoms with Crippen LogP contribution in [-0.4, -0.2) is 45.7 Å². The average molecular weight is 397 g/mol. The van der Waals surface area contributed by atoms with Crippen molar-refractivity contribution in [1.82, 2.24) is 19.4 Å². The van der Waals surface area contributed by atoms with Crippen molar-refractivity contribution in [3.8, 4) is 11.3 Å². The lowest BCUT2D eigenvalue weighted by atomic mass is 10.1. The van der Waals surface area contributed by atoms with Gasteiger partial charge in [-0.2, -0.15) is 13.2 Å². The van der Waals surface area contributed by atoms with Gasteiger partial charge in [-0.15, -0.1) is 0 Å². The Morgan fingerprint density at radius 3 is 2.50 bits per heavy atom. The average Bonchev–Trinajstić information content (AvgIpc) is 2.98. The Balaban J connectivity index is 1.64. The van der Waals surface area contributed by atoms with Gasteiger partial charge in [-0.3, -0.25) is 0 Å². The number of anilines is 1. The Morgan fingerprint density at radius 2 is 1.93 bits per heavy atom. The fourth-order valence-corrected chi connectivity index (χ4v) is 4.35. The van der Waals surface area contributed by atoms with E-state index in [0.717, 1.165) is 25.0 Å². The molecule has 5 nitrogen and oxygen atoms in total. The number of alkyl halides is 4. The summed E-state index contributed by atoms with van der Waals surface area (Å²) in [6.07, 6.45) is -1.41.